The van der Waals surface area contributed by atoms with Gasteiger partial charge in [-0.15, -0.1) is 0 Å². The van der Waals surface area contributed by atoms with Gasteiger partial charge in [0.1, 0.15) is 165 Å². The molecule has 498 valence electrons. The summed E-state index contributed by atoms with van der Waals surface area (Å²) in [6.45, 7) is -1.76. The van der Waals surface area contributed by atoms with E-state index in [1.165, 1.54) is 6.92 Å². The largest absolute Gasteiger partial charge is 0.394 e. The number of nitrogens with one attached hydrogen (secondary N) is 3. The Balaban J connectivity index is 1.09. The van der Waals surface area contributed by atoms with Crippen LogP contribution in [0.15, 0.2) is 0 Å². The lowest BCUT2D eigenvalue weighted by Gasteiger charge is -2.51. The van der Waals surface area contributed by atoms with Crippen LogP contribution in [0.5, 0.6) is 0 Å². The Morgan fingerprint density at radius 2 is 0.616 bits per heavy atom. The molecule has 0 bridgehead atoms. The van der Waals surface area contributed by atoms with E-state index in [4.69, 9.17) is 61.6 Å². The molecule has 86 heavy (non-hydrogen) atoms. The smallest absolute Gasteiger partial charge is 0.217 e. The van der Waals surface area contributed by atoms with E-state index >= 15 is 0 Å². The number of carbonyl (C=O) groups excluding carboxylic acids is 3. The molecule has 1 unspecified atom stereocenters. The molecule has 0 radical (unpaired) electrons. The van der Waals surface area contributed by atoms with Gasteiger partial charge in [0.05, 0.1) is 45.7 Å². The molecule has 38 heteroatoms. The van der Waals surface area contributed by atoms with Crippen molar-refractivity contribution in [3.63, 3.8) is 0 Å². The molecule has 7 aliphatic heterocycles. The Bertz CT molecular complexity index is 2170. The number of hydrogen-bond acceptors (Lipinski definition) is 35. The molecule has 7 saturated heterocycles. The van der Waals surface area contributed by atoms with Crippen molar-refractivity contribution in [1.82, 2.24) is 16.0 Å². The van der Waals surface area contributed by atoms with E-state index in [1.807, 2.05) is 0 Å². The van der Waals surface area contributed by atoms with Crippen LogP contribution >= 0.6 is 0 Å². The van der Waals surface area contributed by atoms with Crippen LogP contribution < -0.4 is 16.0 Å². The molecule has 0 aromatic rings. The molecule has 35 atom stereocenters. The maximum absolute atomic E-state index is 12.7. The average Bonchev–Trinajstić information content (AvgIpc) is 1.32. The van der Waals surface area contributed by atoms with Crippen LogP contribution in [-0.2, 0) is 76.0 Å². The highest BCUT2D eigenvalue weighted by Gasteiger charge is 2.59. The molecule has 0 spiro atoms. The van der Waals surface area contributed by atoms with Crippen molar-refractivity contribution in [3.05, 3.63) is 0 Å². The number of amides is 3. The van der Waals surface area contributed by atoms with E-state index in [9.17, 15) is 111 Å². The van der Waals surface area contributed by atoms with Gasteiger partial charge in [0.25, 0.3) is 0 Å². The minimum atomic E-state index is -2.28. The summed E-state index contributed by atoms with van der Waals surface area (Å²) in [5.41, 5.74) is 0. The lowest BCUT2D eigenvalue weighted by molar-refractivity contribution is -0.392. The molecule has 7 heterocycles. The fourth-order valence-electron chi connectivity index (χ4n) is 11.1. The fourth-order valence-corrected chi connectivity index (χ4v) is 11.1. The van der Waals surface area contributed by atoms with Crippen molar-refractivity contribution in [1.29, 1.82) is 0 Å². The summed E-state index contributed by atoms with van der Waals surface area (Å²) in [5.74, 6) is -2.49. The van der Waals surface area contributed by atoms with Gasteiger partial charge in [-0.1, -0.05) is 0 Å². The second kappa shape index (κ2) is 30.5. The van der Waals surface area contributed by atoms with Crippen molar-refractivity contribution in [2.24, 2.45) is 0 Å². The molecule has 0 aromatic heterocycles. The lowest BCUT2D eigenvalue weighted by atomic mass is 9.93. The Labute approximate surface area is 488 Å². The zero-order chi connectivity index (χ0) is 63.5. The predicted molar refractivity (Wildman–Crippen MR) is 265 cm³/mol. The maximum atomic E-state index is 12.7. The SMILES string of the molecule is CC(=O)N[C@H]1[C@H](O[C@H]2[C@@H](O)[C@@H](CO)O[C@@H](O[C@H]3[C@H](O)[C@@H](NC(C)=O)C(O)O[C@@H]3CO)[C@@H]2O)O[C@H](CO)[C@@H](O[C@@H]2O[C@H](CO)[C@H](O)[C@H](O[C@@H]3O[C@H](CO)[C@@H](O[C@@H]4O[C@H](CO)[C@H](O)[C@H](O)[C@H]4O[C@H]4O[C@H](C)[C@H](O)[C@H](O)[C@H]4O)[C@H](O)[C@H]3NC(C)=O)[C@H]2O)[C@@H]1O. The van der Waals surface area contributed by atoms with Gasteiger partial charge in [0, 0.05) is 20.8 Å². The van der Waals surface area contributed by atoms with Crippen LogP contribution in [-0.4, -0.2) is 369 Å². The lowest BCUT2D eigenvalue weighted by Crippen LogP contribution is -2.71. The van der Waals surface area contributed by atoms with Crippen LogP contribution in [0.2, 0.25) is 0 Å². The van der Waals surface area contributed by atoms with Gasteiger partial charge in [-0.2, -0.15) is 0 Å². The topological polar surface area (TPSA) is 592 Å². The highest BCUT2D eigenvalue weighted by atomic mass is 16.8. The van der Waals surface area contributed by atoms with E-state index < -0.39 is 272 Å². The molecule has 0 aromatic carbocycles. The summed E-state index contributed by atoms with van der Waals surface area (Å²) in [7, 11) is 0. The molecule has 0 aliphatic carbocycles. The van der Waals surface area contributed by atoms with Crippen molar-refractivity contribution >= 4 is 17.7 Å². The molecule has 38 nitrogen and oxygen atoms in total. The zero-order valence-corrected chi connectivity index (χ0v) is 46.5. The first-order chi connectivity index (χ1) is 40.6. The van der Waals surface area contributed by atoms with Gasteiger partial charge in [-0.3, -0.25) is 14.4 Å². The number of rotatable bonds is 21. The maximum Gasteiger partial charge on any atom is 0.217 e. The molecule has 22 N–H and O–H groups in total. The molecule has 7 aliphatic rings. The van der Waals surface area contributed by atoms with E-state index in [0.29, 0.717) is 0 Å². The zero-order valence-electron chi connectivity index (χ0n) is 46.5. The summed E-state index contributed by atoms with van der Waals surface area (Å²) < 4.78 is 75.2. The fraction of sp³-hybridized carbons (Fsp3) is 0.938. The van der Waals surface area contributed by atoms with Gasteiger partial charge in [-0.05, 0) is 6.92 Å². The number of hydrogen-bond donors (Lipinski definition) is 22. The van der Waals surface area contributed by atoms with Crippen LogP contribution in [0.1, 0.15) is 27.7 Å². The molecule has 7 rings (SSSR count). The predicted octanol–water partition coefficient (Wildman–Crippen LogP) is -14.8. The number of carbonyl (C=O) groups is 3. The van der Waals surface area contributed by atoms with Crippen molar-refractivity contribution in [3.8, 4) is 0 Å². The Morgan fingerprint density at radius 1 is 0.302 bits per heavy atom. The molecule has 3 amide bonds. The third-order valence-corrected chi connectivity index (χ3v) is 15.7. The summed E-state index contributed by atoms with van der Waals surface area (Å²) in [5, 5.41) is 214. The first kappa shape index (κ1) is 70.6. The minimum absolute atomic E-state index is 0.724. The molecular formula is C48H81N3O35. The number of aliphatic hydroxyl groups is 19. The van der Waals surface area contributed by atoms with Gasteiger partial charge in [0.2, 0.25) is 17.7 Å². The second-order valence-corrected chi connectivity index (χ2v) is 21.8. The van der Waals surface area contributed by atoms with Gasteiger partial charge < -0.3 is 175 Å². The third-order valence-electron chi connectivity index (χ3n) is 15.7. The van der Waals surface area contributed by atoms with Crippen molar-refractivity contribution < 1.29 is 173 Å². The minimum Gasteiger partial charge on any atom is -0.394 e. The van der Waals surface area contributed by atoms with Gasteiger partial charge in [0.15, 0.2) is 44.0 Å². The molecule has 7 fully saturated rings. The van der Waals surface area contributed by atoms with E-state index in [2.05, 4.69) is 16.0 Å². The number of ether oxygens (including phenoxy) is 13. The van der Waals surface area contributed by atoms with Gasteiger partial charge >= 0.3 is 0 Å². The van der Waals surface area contributed by atoms with Crippen LogP contribution in [0.4, 0.5) is 0 Å². The number of aliphatic hydroxyl groups excluding tert-OH is 19. The normalized spacial score (nSPS) is 49.4. The van der Waals surface area contributed by atoms with E-state index in [1.54, 1.807) is 0 Å². The summed E-state index contributed by atoms with van der Waals surface area (Å²) in [4.78, 5) is 37.4. The third kappa shape index (κ3) is 15.2. The van der Waals surface area contributed by atoms with E-state index in [0.717, 1.165) is 20.8 Å². The Morgan fingerprint density at radius 3 is 1.02 bits per heavy atom. The van der Waals surface area contributed by atoms with Crippen LogP contribution in [0, 0.1) is 0 Å². The molecular weight excluding hydrogens is 1180 g/mol. The van der Waals surface area contributed by atoms with Gasteiger partial charge in [-0.25, -0.2) is 0 Å². The van der Waals surface area contributed by atoms with E-state index in [-0.39, 0.29) is 0 Å². The average molecular weight is 1260 g/mol. The first-order valence-electron chi connectivity index (χ1n) is 27.5. The molecule has 0 saturated carbocycles. The highest BCUT2D eigenvalue weighted by Crippen LogP contribution is 2.38. The van der Waals surface area contributed by atoms with Crippen LogP contribution in [0.25, 0.3) is 0 Å². The quantitative estimate of drug-likeness (QED) is 0.0507. The Hall–Kier alpha value is -2.87. The monoisotopic (exact) mass is 1260 g/mol. The van der Waals surface area contributed by atoms with Crippen LogP contribution in [0.3, 0.4) is 0 Å². The highest BCUT2D eigenvalue weighted by molar-refractivity contribution is 5.74. The second-order valence-electron chi connectivity index (χ2n) is 21.8. The van der Waals surface area contributed by atoms with Crippen molar-refractivity contribution in [2.45, 2.75) is 242 Å². The summed E-state index contributed by atoms with van der Waals surface area (Å²) in [6, 6.07) is -5.23. The van der Waals surface area contributed by atoms with Crippen molar-refractivity contribution in [2.75, 3.05) is 39.6 Å². The summed E-state index contributed by atoms with van der Waals surface area (Å²) in [6.07, 6.45) is -60.8. The standard InChI is InChI=1S/C48H81N3O35/c1-11-24(61)31(68)33(70)45(74-11)86-41-32(69)25(62)15(5-52)78-48(41)83-38-20(10-57)80-44(23(30(38)67)51-14(4)60)85-40-27(64)17(7-54)77-47(35(40)72)82-37-19(9-56)79-43(22(29(37)66)50-13(3)59)84-39-26(63)16(6-53)76-46(34(39)71)81-36-18(8-55)75-42(73)21(28(36)65)49-12(2)58/h11,15-48,52-57,61-73H,5-10H2,1-4H3,(H,49,58)(H,50,59)(H,51,60)/t11-,15-,16-,17-,18-,19-,20-,21-,22-,23-,24+,25+,26+,27+,28-,29-,30-,31+,32+,33-,34-,35-,36-,37-,38-,39+,40+,41-,42?,43+,44+,45-,46+,47+,48+/m1/s1. The first-order valence-corrected chi connectivity index (χ1v) is 27.5. The Kier molecular flexibility index (Phi) is 25.0. The summed E-state index contributed by atoms with van der Waals surface area (Å²) >= 11 is 0.